The van der Waals surface area contributed by atoms with Gasteiger partial charge in [-0.2, -0.15) is 0 Å². The second-order valence-electron chi connectivity index (χ2n) is 6.20. The summed E-state index contributed by atoms with van der Waals surface area (Å²) in [5.74, 6) is -0.402. The fraction of sp³-hybridized carbons (Fsp3) is 0.368. The minimum absolute atomic E-state index is 0.0229. The summed E-state index contributed by atoms with van der Waals surface area (Å²) in [4.78, 5) is 35.1. The highest BCUT2D eigenvalue weighted by Crippen LogP contribution is 2.20. The van der Waals surface area contributed by atoms with Gasteiger partial charge in [0.05, 0.1) is 23.9 Å². The van der Waals surface area contributed by atoms with Crippen LogP contribution in [-0.2, 0) is 17.6 Å². The van der Waals surface area contributed by atoms with E-state index in [1.54, 1.807) is 19.2 Å². The number of hydrogen-bond donors (Lipinski definition) is 0. The molecule has 0 spiro atoms. The van der Waals surface area contributed by atoms with E-state index in [-0.39, 0.29) is 11.9 Å². The van der Waals surface area contributed by atoms with Crippen LogP contribution < -0.4 is 0 Å². The van der Waals surface area contributed by atoms with E-state index in [2.05, 4.69) is 9.97 Å². The highest BCUT2D eigenvalue weighted by molar-refractivity contribution is 5.94. The Bertz CT molecular complexity index is 815. The van der Waals surface area contributed by atoms with Crippen LogP contribution in [0, 0.1) is 13.8 Å². The first-order chi connectivity index (χ1) is 12.0. The van der Waals surface area contributed by atoms with Gasteiger partial charge in [0, 0.05) is 37.1 Å². The molecule has 0 saturated carbocycles. The van der Waals surface area contributed by atoms with Crippen molar-refractivity contribution in [3.8, 4) is 0 Å². The van der Waals surface area contributed by atoms with Gasteiger partial charge in [0.25, 0.3) is 5.91 Å². The van der Waals surface area contributed by atoms with Crippen molar-refractivity contribution < 1.29 is 14.3 Å². The molecule has 0 fully saturated rings. The van der Waals surface area contributed by atoms with Crippen molar-refractivity contribution in [3.63, 3.8) is 0 Å². The fourth-order valence-corrected chi connectivity index (χ4v) is 3.03. The van der Waals surface area contributed by atoms with Crippen LogP contribution in [0.4, 0.5) is 0 Å². The standard InChI is InChI=1S/C19H21N3O3/c1-12-4-5-15(11-20-12)18(23)22-8-6-14-10-16(19(24)25-3)13(2)21-17(14)7-9-22/h4-5,10-11H,6-9H2,1-3H3. The molecule has 2 aromatic heterocycles. The average molecular weight is 339 g/mol. The summed E-state index contributed by atoms with van der Waals surface area (Å²) in [6.07, 6.45) is 2.95. The van der Waals surface area contributed by atoms with Crippen LogP contribution in [0.1, 0.15) is 43.4 Å². The molecule has 1 amide bonds. The number of aromatic nitrogens is 2. The van der Waals surface area contributed by atoms with Crippen LogP contribution in [0.5, 0.6) is 0 Å². The molecule has 2 aromatic rings. The minimum atomic E-state index is -0.379. The van der Waals surface area contributed by atoms with Crippen LogP contribution in [0.25, 0.3) is 0 Å². The molecule has 0 unspecified atom stereocenters. The Morgan fingerprint density at radius 1 is 1.16 bits per heavy atom. The summed E-state index contributed by atoms with van der Waals surface area (Å²) in [5, 5.41) is 0. The van der Waals surface area contributed by atoms with Crippen molar-refractivity contribution in [2.24, 2.45) is 0 Å². The molecule has 0 radical (unpaired) electrons. The third-order valence-corrected chi connectivity index (χ3v) is 4.50. The van der Waals surface area contributed by atoms with Gasteiger partial charge >= 0.3 is 5.97 Å². The molecule has 130 valence electrons. The number of carbonyl (C=O) groups is 2. The molecule has 1 aliphatic heterocycles. The van der Waals surface area contributed by atoms with Crippen LogP contribution in [0.3, 0.4) is 0 Å². The number of amides is 1. The first kappa shape index (κ1) is 17.1. The van der Waals surface area contributed by atoms with Crippen molar-refractivity contribution in [2.75, 3.05) is 20.2 Å². The SMILES string of the molecule is COC(=O)c1cc2c(nc1C)CCN(C(=O)c1ccc(C)nc1)CC2. The van der Waals surface area contributed by atoms with E-state index in [1.807, 2.05) is 24.0 Å². The summed E-state index contributed by atoms with van der Waals surface area (Å²) in [6, 6.07) is 5.50. The molecule has 0 bridgehead atoms. The number of esters is 1. The van der Waals surface area contributed by atoms with Crippen molar-refractivity contribution in [2.45, 2.75) is 26.7 Å². The Balaban J connectivity index is 1.81. The quantitative estimate of drug-likeness (QED) is 0.784. The van der Waals surface area contributed by atoms with Gasteiger partial charge < -0.3 is 9.64 Å². The van der Waals surface area contributed by atoms with Crippen LogP contribution in [-0.4, -0.2) is 46.9 Å². The number of carbonyl (C=O) groups excluding carboxylic acids is 2. The van der Waals surface area contributed by atoms with Gasteiger partial charge in [-0.3, -0.25) is 14.8 Å². The monoisotopic (exact) mass is 339 g/mol. The normalized spacial score (nSPS) is 13.8. The average Bonchev–Trinajstić information content (AvgIpc) is 2.82. The van der Waals surface area contributed by atoms with Crippen LogP contribution in [0.2, 0.25) is 0 Å². The molecule has 3 rings (SSSR count). The van der Waals surface area contributed by atoms with Gasteiger partial charge in [-0.15, -0.1) is 0 Å². The predicted molar refractivity (Wildman–Crippen MR) is 92.6 cm³/mol. The van der Waals surface area contributed by atoms with Crippen LogP contribution >= 0.6 is 0 Å². The van der Waals surface area contributed by atoms with E-state index < -0.39 is 0 Å². The zero-order valence-electron chi connectivity index (χ0n) is 14.7. The summed E-state index contributed by atoms with van der Waals surface area (Å²) < 4.78 is 4.82. The van der Waals surface area contributed by atoms with Gasteiger partial charge in [-0.05, 0) is 44.0 Å². The van der Waals surface area contributed by atoms with Gasteiger partial charge in [0.15, 0.2) is 0 Å². The fourth-order valence-electron chi connectivity index (χ4n) is 3.03. The maximum Gasteiger partial charge on any atom is 0.339 e. The molecule has 6 nitrogen and oxygen atoms in total. The first-order valence-electron chi connectivity index (χ1n) is 8.29. The number of fused-ring (bicyclic) bond motifs is 1. The van der Waals surface area contributed by atoms with Crippen molar-refractivity contribution in [3.05, 3.63) is 58.2 Å². The molecular formula is C19H21N3O3. The lowest BCUT2D eigenvalue weighted by molar-refractivity contribution is 0.0598. The molecular weight excluding hydrogens is 318 g/mol. The maximum atomic E-state index is 12.7. The van der Waals surface area contributed by atoms with Gasteiger partial charge in [0.2, 0.25) is 0 Å². The lowest BCUT2D eigenvalue weighted by atomic mass is 10.0. The lowest BCUT2D eigenvalue weighted by Gasteiger charge is -2.20. The molecule has 0 aromatic carbocycles. The first-order valence-corrected chi connectivity index (χ1v) is 8.29. The van der Waals surface area contributed by atoms with E-state index in [1.165, 1.54) is 7.11 Å². The summed E-state index contributed by atoms with van der Waals surface area (Å²) >= 11 is 0. The smallest absolute Gasteiger partial charge is 0.339 e. The van der Waals surface area contributed by atoms with Crippen LogP contribution in [0.15, 0.2) is 24.4 Å². The largest absolute Gasteiger partial charge is 0.465 e. The molecule has 1 aliphatic rings. The maximum absolute atomic E-state index is 12.7. The third kappa shape index (κ3) is 3.52. The number of aryl methyl sites for hydroxylation is 2. The van der Waals surface area contributed by atoms with E-state index >= 15 is 0 Å². The number of methoxy groups -OCH3 is 1. The molecule has 6 heteroatoms. The Kier molecular flexibility index (Phi) is 4.79. The Morgan fingerprint density at radius 3 is 2.60 bits per heavy atom. The van der Waals surface area contributed by atoms with Crippen molar-refractivity contribution in [1.82, 2.24) is 14.9 Å². The van der Waals surface area contributed by atoms with Gasteiger partial charge in [0.1, 0.15) is 0 Å². The Morgan fingerprint density at radius 2 is 1.92 bits per heavy atom. The molecule has 0 aliphatic carbocycles. The van der Waals surface area contributed by atoms with Crippen molar-refractivity contribution >= 4 is 11.9 Å². The molecule has 0 atom stereocenters. The predicted octanol–water partition coefficient (Wildman–Crippen LogP) is 2.12. The highest BCUT2D eigenvalue weighted by atomic mass is 16.5. The van der Waals surface area contributed by atoms with E-state index in [4.69, 9.17) is 4.74 Å². The highest BCUT2D eigenvalue weighted by Gasteiger charge is 2.22. The van der Waals surface area contributed by atoms with Crippen molar-refractivity contribution in [1.29, 1.82) is 0 Å². The third-order valence-electron chi connectivity index (χ3n) is 4.50. The summed E-state index contributed by atoms with van der Waals surface area (Å²) in [7, 11) is 1.36. The molecule has 25 heavy (non-hydrogen) atoms. The molecule has 3 heterocycles. The van der Waals surface area contributed by atoms with Gasteiger partial charge in [-0.1, -0.05) is 0 Å². The van der Waals surface area contributed by atoms with E-state index in [0.717, 1.165) is 17.0 Å². The molecule has 0 saturated heterocycles. The topological polar surface area (TPSA) is 72.4 Å². The minimum Gasteiger partial charge on any atom is -0.465 e. The number of ether oxygens (including phenoxy) is 1. The summed E-state index contributed by atoms with van der Waals surface area (Å²) in [6.45, 7) is 4.89. The Hall–Kier alpha value is -2.76. The van der Waals surface area contributed by atoms with E-state index in [0.29, 0.717) is 42.8 Å². The second-order valence-corrected chi connectivity index (χ2v) is 6.20. The second kappa shape index (κ2) is 7.01. The lowest BCUT2D eigenvalue weighted by Crippen LogP contribution is -2.33. The number of pyridine rings is 2. The zero-order valence-corrected chi connectivity index (χ0v) is 14.7. The number of rotatable bonds is 2. The molecule has 0 N–H and O–H groups in total. The Labute approximate surface area is 146 Å². The zero-order chi connectivity index (χ0) is 18.0. The number of hydrogen-bond acceptors (Lipinski definition) is 5. The van der Waals surface area contributed by atoms with E-state index in [9.17, 15) is 9.59 Å². The van der Waals surface area contributed by atoms with Gasteiger partial charge in [-0.25, -0.2) is 4.79 Å². The number of nitrogens with zero attached hydrogens (tertiary/aromatic N) is 3. The summed E-state index contributed by atoms with van der Waals surface area (Å²) in [5.41, 5.74) is 4.58.